The summed E-state index contributed by atoms with van der Waals surface area (Å²) in [6.45, 7) is 0.180. The van der Waals surface area contributed by atoms with Crippen LogP contribution in [0.2, 0.25) is 0 Å². The molecule has 3 heterocycles. The molecular weight excluding hydrogens is 531 g/mol. The second-order valence-electron chi connectivity index (χ2n) is 9.55. The molecule has 0 unspecified atom stereocenters. The van der Waals surface area contributed by atoms with Crippen molar-refractivity contribution in [1.29, 1.82) is 0 Å². The second-order valence-corrected chi connectivity index (χ2v) is 11.6. The number of hydrogen-bond donors (Lipinski definition) is 0. The highest BCUT2D eigenvalue weighted by Crippen LogP contribution is 2.35. The lowest BCUT2D eigenvalue weighted by molar-refractivity contribution is -0.137. The molecular formula is C25H23F5N4O3S. The van der Waals surface area contributed by atoms with E-state index in [0.717, 1.165) is 18.4 Å². The van der Waals surface area contributed by atoms with Crippen molar-refractivity contribution < 1.29 is 35.2 Å². The van der Waals surface area contributed by atoms with Gasteiger partial charge in [-0.2, -0.15) is 18.3 Å². The van der Waals surface area contributed by atoms with E-state index in [9.17, 15) is 35.2 Å². The normalized spacial score (nSPS) is 17.5. The first-order chi connectivity index (χ1) is 17.7. The lowest BCUT2D eigenvalue weighted by Gasteiger charge is -2.35. The minimum Gasteiger partial charge on any atom is -0.370 e. The van der Waals surface area contributed by atoms with Gasteiger partial charge in [-0.25, -0.2) is 21.9 Å². The third kappa shape index (κ3) is 5.11. The number of anilines is 1. The number of alkyl halides is 5. The number of carbonyl (C=O) groups is 1. The largest absolute Gasteiger partial charge is 0.416 e. The van der Waals surface area contributed by atoms with Gasteiger partial charge in [0.25, 0.3) is 11.8 Å². The maximum Gasteiger partial charge on any atom is 0.416 e. The summed E-state index contributed by atoms with van der Waals surface area (Å²) < 4.78 is 92.4. The van der Waals surface area contributed by atoms with Gasteiger partial charge in [0.1, 0.15) is 0 Å². The Morgan fingerprint density at radius 2 is 1.74 bits per heavy atom. The number of aromatic nitrogens is 2. The molecule has 7 nitrogen and oxygen atoms in total. The van der Waals surface area contributed by atoms with Crippen LogP contribution in [-0.4, -0.2) is 54.3 Å². The third-order valence-corrected chi connectivity index (χ3v) is 7.88. The van der Waals surface area contributed by atoms with Crippen molar-refractivity contribution >= 4 is 21.4 Å². The van der Waals surface area contributed by atoms with E-state index in [1.54, 1.807) is 11.1 Å². The Labute approximate surface area is 215 Å². The average molecular weight is 555 g/mol. The van der Waals surface area contributed by atoms with Gasteiger partial charge < -0.3 is 9.80 Å². The molecule has 38 heavy (non-hydrogen) atoms. The van der Waals surface area contributed by atoms with Gasteiger partial charge in [0.05, 0.1) is 33.9 Å². The summed E-state index contributed by atoms with van der Waals surface area (Å²) in [4.78, 5) is 16.6. The number of piperidine rings is 1. The number of halogens is 5. The van der Waals surface area contributed by atoms with Crippen LogP contribution in [-0.2, 0) is 29.1 Å². The van der Waals surface area contributed by atoms with Gasteiger partial charge in [0.2, 0.25) is 0 Å². The van der Waals surface area contributed by atoms with Crippen molar-refractivity contribution in [3.8, 4) is 5.69 Å². The molecule has 0 spiro atoms. The molecule has 5 rings (SSSR count). The molecule has 1 aromatic heterocycles. The van der Waals surface area contributed by atoms with Gasteiger partial charge in [-0.05, 0) is 36.4 Å². The molecule has 2 aliphatic rings. The molecule has 1 saturated heterocycles. The molecule has 0 saturated carbocycles. The van der Waals surface area contributed by atoms with Crippen LogP contribution in [0.1, 0.15) is 40.0 Å². The van der Waals surface area contributed by atoms with Crippen LogP contribution < -0.4 is 4.90 Å². The molecule has 0 radical (unpaired) electrons. The van der Waals surface area contributed by atoms with Crippen LogP contribution in [0.25, 0.3) is 5.69 Å². The molecule has 0 atom stereocenters. The number of nitrogens with zero attached hydrogens (tertiary/aromatic N) is 4. The fourth-order valence-electron chi connectivity index (χ4n) is 4.69. The van der Waals surface area contributed by atoms with Gasteiger partial charge in [-0.15, -0.1) is 0 Å². The summed E-state index contributed by atoms with van der Waals surface area (Å²) in [5.74, 6) is -3.29. The standard InChI is InChI=1S/C25H23F5N4O3S/c1-38(36,37)19-5-6-22(32-9-7-24(26,27)8-10-32)20(12-19)23(35)33-13-16-14-34(31-21(16)15-33)18-4-2-3-17(11-18)25(28,29)30/h2-6,11-12,14H,7-10,13,15H2,1H3. The summed E-state index contributed by atoms with van der Waals surface area (Å²) in [5, 5.41) is 4.36. The summed E-state index contributed by atoms with van der Waals surface area (Å²) in [6.07, 6.45) is -2.70. The molecule has 2 aliphatic heterocycles. The predicted molar refractivity (Wildman–Crippen MR) is 128 cm³/mol. The number of carbonyl (C=O) groups excluding carboxylic acids is 1. The number of benzene rings is 2. The Balaban J connectivity index is 1.41. The average Bonchev–Trinajstić information content (AvgIpc) is 3.42. The lowest BCUT2D eigenvalue weighted by Crippen LogP contribution is -2.40. The SMILES string of the molecule is CS(=O)(=O)c1ccc(N2CCC(F)(F)CC2)c(C(=O)N2Cc3cn(-c4cccc(C(F)(F)F)c4)nc3C2)c1. The van der Waals surface area contributed by atoms with Crippen molar-refractivity contribution in [2.24, 2.45) is 0 Å². The molecule has 0 bridgehead atoms. The first-order valence-electron chi connectivity index (χ1n) is 11.7. The molecule has 13 heteroatoms. The van der Waals surface area contributed by atoms with Gasteiger partial charge in [0.15, 0.2) is 9.84 Å². The monoisotopic (exact) mass is 554 g/mol. The van der Waals surface area contributed by atoms with Crippen molar-refractivity contribution in [3.63, 3.8) is 0 Å². The molecule has 0 N–H and O–H groups in total. The maximum atomic E-state index is 13.7. The number of fused-ring (bicyclic) bond motifs is 1. The summed E-state index contributed by atoms with van der Waals surface area (Å²) in [6, 6.07) is 8.81. The highest BCUT2D eigenvalue weighted by molar-refractivity contribution is 7.90. The van der Waals surface area contributed by atoms with Gasteiger partial charge >= 0.3 is 6.18 Å². The number of hydrogen-bond acceptors (Lipinski definition) is 5. The predicted octanol–water partition coefficient (Wildman–Crippen LogP) is 4.69. The van der Waals surface area contributed by atoms with Crippen molar-refractivity contribution in [2.45, 2.75) is 42.9 Å². The molecule has 202 valence electrons. The highest BCUT2D eigenvalue weighted by atomic mass is 32.2. The molecule has 0 aliphatic carbocycles. The molecule has 1 amide bonds. The van der Waals surface area contributed by atoms with E-state index in [0.29, 0.717) is 16.9 Å². The highest BCUT2D eigenvalue weighted by Gasteiger charge is 2.36. The quantitative estimate of drug-likeness (QED) is 0.438. The fourth-order valence-corrected chi connectivity index (χ4v) is 5.34. The van der Waals surface area contributed by atoms with E-state index in [1.807, 2.05) is 0 Å². The Hall–Kier alpha value is -3.48. The van der Waals surface area contributed by atoms with E-state index in [4.69, 9.17) is 0 Å². The van der Waals surface area contributed by atoms with Crippen LogP contribution in [0.5, 0.6) is 0 Å². The van der Waals surface area contributed by atoms with E-state index >= 15 is 0 Å². The number of rotatable bonds is 4. The Kier molecular flexibility index (Phi) is 6.24. The van der Waals surface area contributed by atoms with Crippen LogP contribution in [0.3, 0.4) is 0 Å². The molecule has 2 aromatic carbocycles. The van der Waals surface area contributed by atoms with Crippen molar-refractivity contribution in [2.75, 3.05) is 24.2 Å². The first kappa shape index (κ1) is 26.1. The van der Waals surface area contributed by atoms with Gasteiger partial charge in [-0.3, -0.25) is 4.79 Å². The zero-order chi connectivity index (χ0) is 27.5. The summed E-state index contributed by atoms with van der Waals surface area (Å²) in [7, 11) is -3.65. The second kappa shape index (κ2) is 9.07. The van der Waals surface area contributed by atoms with Crippen molar-refractivity contribution in [3.05, 3.63) is 71.0 Å². The summed E-state index contributed by atoms with van der Waals surface area (Å²) in [5.41, 5.74) is 0.988. The zero-order valence-corrected chi connectivity index (χ0v) is 21.0. The van der Waals surface area contributed by atoms with Crippen molar-refractivity contribution in [1.82, 2.24) is 14.7 Å². The number of sulfone groups is 1. The maximum absolute atomic E-state index is 13.7. The van der Waals surface area contributed by atoms with Crippen LogP contribution >= 0.6 is 0 Å². The fraction of sp³-hybridized carbons (Fsp3) is 0.360. The minimum atomic E-state index is -4.50. The molecule has 1 fully saturated rings. The number of amides is 1. The van der Waals surface area contributed by atoms with E-state index in [2.05, 4.69) is 5.10 Å². The zero-order valence-electron chi connectivity index (χ0n) is 20.2. The lowest BCUT2D eigenvalue weighted by atomic mass is 10.0. The molecule has 3 aromatic rings. The first-order valence-corrected chi connectivity index (χ1v) is 13.6. The van der Waals surface area contributed by atoms with E-state index < -0.39 is 33.4 Å². The van der Waals surface area contributed by atoms with Crippen LogP contribution in [0, 0.1) is 0 Å². The van der Waals surface area contributed by atoms with Crippen LogP contribution in [0.15, 0.2) is 53.6 Å². The Morgan fingerprint density at radius 3 is 2.37 bits per heavy atom. The smallest absolute Gasteiger partial charge is 0.370 e. The van der Waals surface area contributed by atoms with Crippen LogP contribution in [0.4, 0.5) is 27.6 Å². The minimum absolute atomic E-state index is 0.00924. The third-order valence-electron chi connectivity index (χ3n) is 6.77. The van der Waals surface area contributed by atoms with Gasteiger partial charge in [-0.1, -0.05) is 6.07 Å². The van der Waals surface area contributed by atoms with E-state index in [1.165, 1.54) is 39.9 Å². The van der Waals surface area contributed by atoms with E-state index in [-0.39, 0.29) is 55.2 Å². The van der Waals surface area contributed by atoms with Gasteiger partial charge in [0, 0.05) is 56.2 Å². The topological polar surface area (TPSA) is 75.5 Å². The summed E-state index contributed by atoms with van der Waals surface area (Å²) >= 11 is 0. The Bertz CT molecular complexity index is 1480. The Morgan fingerprint density at radius 1 is 1.03 bits per heavy atom.